The first-order valence-corrected chi connectivity index (χ1v) is 17.7. The monoisotopic (exact) mass is 700 g/mol. The fourth-order valence-electron chi connectivity index (χ4n) is 7.53. The van der Waals surface area contributed by atoms with E-state index in [1.807, 2.05) is 19.2 Å². The van der Waals surface area contributed by atoms with E-state index in [1.54, 1.807) is 31.6 Å². The predicted molar refractivity (Wildman–Crippen MR) is 193 cm³/mol. The maximum atomic E-state index is 9.67. The molecule has 1 aliphatic carbocycles. The molecular formula is C36H50N11O4-. The van der Waals surface area contributed by atoms with Gasteiger partial charge in [-0.3, -0.25) is 15.0 Å². The molecule has 15 heteroatoms. The van der Waals surface area contributed by atoms with Gasteiger partial charge in [0.1, 0.15) is 23.6 Å². The van der Waals surface area contributed by atoms with Crippen LogP contribution < -0.4 is 20.6 Å². The Morgan fingerprint density at radius 3 is 2.43 bits per heavy atom. The lowest BCUT2D eigenvalue weighted by Crippen LogP contribution is -2.52. The highest BCUT2D eigenvalue weighted by atomic mass is 16.5. The fourth-order valence-corrected chi connectivity index (χ4v) is 7.53. The van der Waals surface area contributed by atoms with E-state index in [2.05, 4.69) is 50.3 Å². The summed E-state index contributed by atoms with van der Waals surface area (Å²) >= 11 is 0. The molecule has 2 aliphatic heterocycles. The number of aromatic nitrogens is 4. The van der Waals surface area contributed by atoms with Crippen LogP contribution in [0, 0.1) is 22.2 Å². The van der Waals surface area contributed by atoms with Crippen molar-refractivity contribution in [1.82, 2.24) is 29.7 Å². The molecule has 0 radical (unpaired) electrons. The number of hydrogen-bond donors (Lipinski definition) is 3. The van der Waals surface area contributed by atoms with Gasteiger partial charge in [0.2, 0.25) is 5.95 Å². The van der Waals surface area contributed by atoms with Crippen LogP contribution >= 0.6 is 0 Å². The van der Waals surface area contributed by atoms with Crippen molar-refractivity contribution < 1.29 is 18.9 Å². The minimum absolute atomic E-state index is 0.204. The number of rotatable bonds is 16. The third-order valence-electron chi connectivity index (χ3n) is 9.99. The maximum absolute atomic E-state index is 9.67. The van der Waals surface area contributed by atoms with Crippen LogP contribution in [-0.4, -0.2) is 100 Å². The van der Waals surface area contributed by atoms with Gasteiger partial charge in [0, 0.05) is 55.2 Å². The van der Waals surface area contributed by atoms with E-state index < -0.39 is 6.10 Å². The molecule has 51 heavy (non-hydrogen) atoms. The van der Waals surface area contributed by atoms with E-state index in [0.717, 1.165) is 56.4 Å². The molecule has 3 fully saturated rings. The van der Waals surface area contributed by atoms with Gasteiger partial charge in [0.25, 0.3) is 5.88 Å². The van der Waals surface area contributed by atoms with Crippen molar-refractivity contribution in [1.29, 1.82) is 10.7 Å². The van der Waals surface area contributed by atoms with Crippen molar-refractivity contribution in [2.24, 2.45) is 11.3 Å². The number of hydrogen-bond acceptors (Lipinski definition) is 12. The summed E-state index contributed by atoms with van der Waals surface area (Å²) in [4.78, 5) is 12.0. The minimum atomic E-state index is -0.392. The molecule has 4 heterocycles. The third-order valence-corrected chi connectivity index (χ3v) is 9.99. The van der Waals surface area contributed by atoms with Crippen molar-refractivity contribution >= 4 is 18.0 Å². The zero-order chi connectivity index (χ0) is 36.0. The second kappa shape index (κ2) is 16.3. The molecule has 0 amide bonds. The Bertz CT molecular complexity index is 1640. The zero-order valence-electron chi connectivity index (χ0n) is 30.0. The summed E-state index contributed by atoms with van der Waals surface area (Å²) in [5.74, 6) is 6.64. The first kappa shape index (κ1) is 36.5. The number of ether oxygens (including phenoxy) is 4. The molecule has 2 saturated heterocycles. The van der Waals surface area contributed by atoms with Gasteiger partial charge in [0.15, 0.2) is 0 Å². The molecule has 0 spiro atoms. The average molecular weight is 701 g/mol. The quantitative estimate of drug-likeness (QED) is 0.0769. The minimum Gasteiger partial charge on any atom is -0.506 e. The van der Waals surface area contributed by atoms with E-state index in [4.69, 9.17) is 35.3 Å². The molecular weight excluding hydrogens is 650 g/mol. The molecule has 15 nitrogen and oxygen atoms in total. The number of fused-ring (bicyclic) bond motifs is 2. The topological polar surface area (TPSA) is 187 Å². The van der Waals surface area contributed by atoms with E-state index in [1.165, 1.54) is 17.9 Å². The normalized spacial score (nSPS) is 22.6. The van der Waals surface area contributed by atoms with Crippen LogP contribution in [0.25, 0.3) is 16.7 Å². The van der Waals surface area contributed by atoms with Crippen LogP contribution in [0.4, 0.5) is 11.6 Å². The second-order valence-electron chi connectivity index (χ2n) is 14.6. The summed E-state index contributed by atoms with van der Waals surface area (Å²) in [7, 11) is 1.70. The van der Waals surface area contributed by atoms with Crippen molar-refractivity contribution in [3.63, 3.8) is 0 Å². The lowest BCUT2D eigenvalue weighted by Gasteiger charge is -2.43. The van der Waals surface area contributed by atoms with Crippen molar-refractivity contribution in [2.45, 2.75) is 89.6 Å². The molecule has 3 atom stereocenters. The van der Waals surface area contributed by atoms with Gasteiger partial charge >= 0.3 is 0 Å². The van der Waals surface area contributed by atoms with E-state index in [0.29, 0.717) is 60.2 Å². The highest BCUT2D eigenvalue weighted by Crippen LogP contribution is 2.40. The molecule has 6 rings (SSSR count). The van der Waals surface area contributed by atoms with Crippen molar-refractivity contribution in [3.05, 3.63) is 47.9 Å². The summed E-state index contributed by atoms with van der Waals surface area (Å²) in [6.45, 7) is 9.00. The Labute approximate surface area is 299 Å². The van der Waals surface area contributed by atoms with E-state index in [-0.39, 0.29) is 18.0 Å². The van der Waals surface area contributed by atoms with Crippen molar-refractivity contribution in [3.8, 4) is 28.8 Å². The second-order valence-corrected chi connectivity index (χ2v) is 14.6. The Morgan fingerprint density at radius 2 is 1.78 bits per heavy atom. The number of morpholine rings is 1. The largest absolute Gasteiger partial charge is 0.506 e. The summed E-state index contributed by atoms with van der Waals surface area (Å²) in [6, 6.07) is 9.53. The highest BCUT2D eigenvalue weighted by Gasteiger charge is 2.42. The van der Waals surface area contributed by atoms with E-state index >= 15 is 0 Å². The molecule has 1 aromatic carbocycles. The molecule has 274 valence electrons. The van der Waals surface area contributed by atoms with Crippen LogP contribution in [0.1, 0.15) is 70.9 Å². The number of nitrogens with zero attached hydrogens (tertiary/aromatic N) is 8. The standard InChI is InChI=1S/C36H50N11O4/c1-24(17-45(23-38)44-39)51-33-13-25(5-6-26(33)14-37)27-15-40-35(41-16-27)42-32-18-46(43-34(32)50-22-36(2,3)21-48-4)28-7-9-29(10-8-28)47-30-11-12-31(47)20-49-19-30/h5-6,13,15-16,18,23-24,28-31,38H,7-12,17,19-22,39H2,1-4H3,(H,40,41,42)/q-1/t24-,28?,29?,30-,31+/m0/s1. The molecule has 1 saturated carbocycles. The zero-order valence-corrected chi connectivity index (χ0v) is 30.0. The lowest BCUT2D eigenvalue weighted by atomic mass is 9.89. The molecule has 0 unspecified atom stereocenters. The van der Waals surface area contributed by atoms with Crippen LogP contribution in [0.15, 0.2) is 36.8 Å². The fraction of sp³-hybridized carbons (Fsp3) is 0.583. The average Bonchev–Trinajstić information content (AvgIpc) is 3.65. The van der Waals surface area contributed by atoms with Crippen LogP contribution in [0.2, 0.25) is 0 Å². The maximum Gasteiger partial charge on any atom is 0.256 e. The summed E-state index contributed by atoms with van der Waals surface area (Å²) in [5, 5.41) is 26.6. The summed E-state index contributed by atoms with van der Waals surface area (Å²) < 4.78 is 25.7. The summed E-state index contributed by atoms with van der Waals surface area (Å²) in [6.07, 6.45) is 13.0. The number of methoxy groups -OCH3 is 1. The summed E-state index contributed by atoms with van der Waals surface area (Å²) in [5.41, 5.74) is 5.94. The van der Waals surface area contributed by atoms with Gasteiger partial charge in [-0.25, -0.2) is 9.97 Å². The van der Waals surface area contributed by atoms with Crippen LogP contribution in [0.5, 0.6) is 11.6 Å². The Balaban J connectivity index is 1.16. The molecule has 2 aromatic heterocycles. The van der Waals surface area contributed by atoms with Crippen molar-refractivity contribution in [2.75, 3.05) is 45.4 Å². The lowest BCUT2D eigenvalue weighted by molar-refractivity contribution is -0.0458. The van der Waals surface area contributed by atoms with Gasteiger partial charge in [0.05, 0.1) is 50.6 Å². The number of nitriles is 1. The predicted octanol–water partition coefficient (Wildman–Crippen LogP) is 5.19. The van der Waals surface area contributed by atoms with Gasteiger partial charge in [-0.1, -0.05) is 19.9 Å². The molecule has 3 aromatic rings. The van der Waals surface area contributed by atoms with Gasteiger partial charge in [-0.15, -0.1) is 5.10 Å². The van der Waals surface area contributed by atoms with Gasteiger partial charge < -0.3 is 40.7 Å². The number of nitrogens with one attached hydrogen (secondary N) is 2. The molecule has 4 N–H and O–H groups in total. The third kappa shape index (κ3) is 8.77. The first-order valence-electron chi connectivity index (χ1n) is 17.7. The number of anilines is 2. The Morgan fingerprint density at radius 1 is 1.10 bits per heavy atom. The first-order chi connectivity index (χ1) is 24.7. The smallest absolute Gasteiger partial charge is 0.256 e. The van der Waals surface area contributed by atoms with Gasteiger partial charge in [-0.2, -0.15) is 5.26 Å². The van der Waals surface area contributed by atoms with Crippen LogP contribution in [-0.2, 0) is 9.47 Å². The van der Waals surface area contributed by atoms with Crippen LogP contribution in [0.3, 0.4) is 0 Å². The highest BCUT2D eigenvalue weighted by molar-refractivity contribution is 5.67. The number of nitrogens with two attached hydrogens (primary N) is 1. The Kier molecular flexibility index (Phi) is 11.7. The van der Waals surface area contributed by atoms with Gasteiger partial charge in [-0.05, 0) is 63.1 Å². The SMILES string of the molecule is COCC(C)(C)COc1nn(C2CCC(N3[C@@H]4CC[C@H]3COC4)CC2)cc1Nc1ncc(-c2ccc(C#N)c(O[C@@H](C)CN(C=N)[N-]N)c2)cn1. The molecule has 3 aliphatic rings. The molecule has 2 bridgehead atoms. The van der Waals surface area contributed by atoms with E-state index in [9.17, 15) is 5.26 Å². The Hall–Kier alpha value is -4.33. The number of benzene rings is 1.